The minimum absolute atomic E-state index is 0.569. The number of hydrogen-bond acceptors (Lipinski definition) is 3. The average molecular weight is 237 g/mol. The molecule has 96 valence electrons. The van der Waals surface area contributed by atoms with Crippen molar-refractivity contribution in [3.05, 3.63) is 18.0 Å². The Kier molecular flexibility index (Phi) is 4.57. The van der Waals surface area contributed by atoms with Crippen LogP contribution in [0.5, 0.6) is 0 Å². The van der Waals surface area contributed by atoms with E-state index in [1.54, 1.807) is 0 Å². The maximum absolute atomic E-state index is 5.62. The SMILES string of the molecule is CC(C)N1CCCOCCCn2nccc2C1. The van der Waals surface area contributed by atoms with Gasteiger partial charge in [-0.1, -0.05) is 0 Å². The van der Waals surface area contributed by atoms with E-state index in [-0.39, 0.29) is 0 Å². The first-order valence-electron chi connectivity index (χ1n) is 6.60. The summed E-state index contributed by atoms with van der Waals surface area (Å²) in [7, 11) is 0. The number of aryl methyl sites for hydroxylation is 1. The second-order valence-electron chi connectivity index (χ2n) is 4.93. The molecule has 0 saturated heterocycles. The lowest BCUT2D eigenvalue weighted by Gasteiger charge is -2.26. The van der Waals surface area contributed by atoms with Gasteiger partial charge in [0.25, 0.3) is 0 Å². The number of ether oxygens (including phenoxy) is 1. The molecular weight excluding hydrogens is 214 g/mol. The molecule has 1 aromatic rings. The molecule has 1 aliphatic rings. The molecule has 0 N–H and O–H groups in total. The van der Waals surface area contributed by atoms with E-state index in [0.29, 0.717) is 6.04 Å². The molecule has 1 aromatic heterocycles. The molecule has 4 nitrogen and oxygen atoms in total. The van der Waals surface area contributed by atoms with Crippen molar-refractivity contribution in [2.45, 2.75) is 45.8 Å². The van der Waals surface area contributed by atoms with Crippen LogP contribution in [-0.2, 0) is 17.8 Å². The summed E-state index contributed by atoms with van der Waals surface area (Å²) in [5, 5.41) is 4.39. The van der Waals surface area contributed by atoms with Crippen LogP contribution in [0.4, 0.5) is 0 Å². The summed E-state index contributed by atoms with van der Waals surface area (Å²) in [6.07, 6.45) is 4.07. The zero-order valence-corrected chi connectivity index (χ0v) is 10.9. The molecule has 0 radical (unpaired) electrons. The van der Waals surface area contributed by atoms with E-state index >= 15 is 0 Å². The number of hydrogen-bond donors (Lipinski definition) is 0. The summed E-state index contributed by atoms with van der Waals surface area (Å²) in [5.41, 5.74) is 1.32. The molecule has 2 heterocycles. The maximum Gasteiger partial charge on any atom is 0.0524 e. The highest BCUT2D eigenvalue weighted by molar-refractivity contribution is 5.00. The fourth-order valence-corrected chi connectivity index (χ4v) is 2.21. The molecule has 0 spiro atoms. The van der Waals surface area contributed by atoms with Crippen LogP contribution in [0.15, 0.2) is 12.3 Å². The van der Waals surface area contributed by atoms with E-state index in [4.69, 9.17) is 4.74 Å². The Morgan fingerprint density at radius 2 is 2.00 bits per heavy atom. The van der Waals surface area contributed by atoms with Crippen LogP contribution in [-0.4, -0.2) is 40.5 Å². The van der Waals surface area contributed by atoms with Crippen LogP contribution < -0.4 is 0 Å². The second kappa shape index (κ2) is 6.17. The number of nitrogens with zero attached hydrogens (tertiary/aromatic N) is 3. The molecule has 0 aliphatic carbocycles. The monoisotopic (exact) mass is 237 g/mol. The minimum Gasteiger partial charge on any atom is -0.381 e. The maximum atomic E-state index is 5.62. The third-order valence-corrected chi connectivity index (χ3v) is 3.29. The van der Waals surface area contributed by atoms with Gasteiger partial charge in [0, 0.05) is 45.1 Å². The molecule has 0 unspecified atom stereocenters. The van der Waals surface area contributed by atoms with Gasteiger partial charge in [-0.15, -0.1) is 0 Å². The van der Waals surface area contributed by atoms with E-state index in [2.05, 4.69) is 34.6 Å². The first kappa shape index (κ1) is 12.6. The molecule has 0 atom stereocenters. The molecule has 0 bridgehead atoms. The lowest BCUT2D eigenvalue weighted by atomic mass is 10.2. The number of fused-ring (bicyclic) bond motifs is 1. The highest BCUT2D eigenvalue weighted by atomic mass is 16.5. The van der Waals surface area contributed by atoms with Gasteiger partial charge in [0.15, 0.2) is 0 Å². The van der Waals surface area contributed by atoms with Gasteiger partial charge in [-0.05, 0) is 32.8 Å². The van der Waals surface area contributed by atoms with Gasteiger partial charge in [-0.25, -0.2) is 0 Å². The summed E-state index contributed by atoms with van der Waals surface area (Å²) < 4.78 is 7.73. The van der Waals surface area contributed by atoms with Gasteiger partial charge in [0.2, 0.25) is 0 Å². The summed E-state index contributed by atoms with van der Waals surface area (Å²) in [5.74, 6) is 0. The summed E-state index contributed by atoms with van der Waals surface area (Å²) in [4.78, 5) is 2.49. The molecule has 0 saturated carbocycles. The van der Waals surface area contributed by atoms with Crippen molar-refractivity contribution in [2.75, 3.05) is 19.8 Å². The third-order valence-electron chi connectivity index (χ3n) is 3.29. The van der Waals surface area contributed by atoms with Gasteiger partial charge in [0.05, 0.1) is 5.69 Å². The normalized spacial score (nSPS) is 19.9. The molecule has 0 amide bonds. The van der Waals surface area contributed by atoms with Crippen molar-refractivity contribution in [1.82, 2.24) is 14.7 Å². The van der Waals surface area contributed by atoms with Crippen LogP contribution in [0.2, 0.25) is 0 Å². The van der Waals surface area contributed by atoms with E-state index in [9.17, 15) is 0 Å². The first-order valence-corrected chi connectivity index (χ1v) is 6.60. The highest BCUT2D eigenvalue weighted by Crippen LogP contribution is 2.10. The molecular formula is C13H23N3O. The van der Waals surface area contributed by atoms with Crippen LogP contribution in [0, 0.1) is 0 Å². The van der Waals surface area contributed by atoms with Gasteiger partial charge in [0.1, 0.15) is 0 Å². The van der Waals surface area contributed by atoms with Crippen molar-refractivity contribution >= 4 is 0 Å². The van der Waals surface area contributed by atoms with Crippen LogP contribution >= 0.6 is 0 Å². The van der Waals surface area contributed by atoms with E-state index in [0.717, 1.165) is 45.7 Å². The Labute approximate surface area is 104 Å². The van der Waals surface area contributed by atoms with Gasteiger partial charge in [-0.2, -0.15) is 5.10 Å². The van der Waals surface area contributed by atoms with Crippen molar-refractivity contribution in [1.29, 1.82) is 0 Å². The van der Waals surface area contributed by atoms with Gasteiger partial charge >= 0.3 is 0 Å². The molecule has 4 heteroatoms. The van der Waals surface area contributed by atoms with Crippen molar-refractivity contribution < 1.29 is 4.74 Å². The Balaban J connectivity index is 2.09. The van der Waals surface area contributed by atoms with Crippen molar-refractivity contribution in [2.24, 2.45) is 0 Å². The molecule has 0 fully saturated rings. The van der Waals surface area contributed by atoms with Crippen LogP contribution in [0.3, 0.4) is 0 Å². The van der Waals surface area contributed by atoms with Crippen LogP contribution in [0.1, 0.15) is 32.4 Å². The molecule has 1 aliphatic heterocycles. The second-order valence-corrected chi connectivity index (χ2v) is 4.93. The third kappa shape index (κ3) is 3.54. The molecule has 2 rings (SSSR count). The molecule has 17 heavy (non-hydrogen) atoms. The predicted molar refractivity (Wildman–Crippen MR) is 67.8 cm³/mol. The number of aromatic nitrogens is 2. The Morgan fingerprint density at radius 1 is 1.24 bits per heavy atom. The van der Waals surface area contributed by atoms with Gasteiger partial charge in [-0.3, -0.25) is 9.58 Å². The number of rotatable bonds is 1. The lowest BCUT2D eigenvalue weighted by Crippen LogP contribution is -2.32. The topological polar surface area (TPSA) is 30.3 Å². The van der Waals surface area contributed by atoms with Crippen molar-refractivity contribution in [3.63, 3.8) is 0 Å². The van der Waals surface area contributed by atoms with E-state index < -0.39 is 0 Å². The minimum atomic E-state index is 0.569. The standard InChI is InChI=1S/C13H23N3O/c1-12(2)15-7-3-9-17-10-4-8-16-13(11-15)5-6-14-16/h5-6,12H,3-4,7-11H2,1-2H3. The van der Waals surface area contributed by atoms with E-state index in [1.165, 1.54) is 5.69 Å². The van der Waals surface area contributed by atoms with Crippen LogP contribution in [0.25, 0.3) is 0 Å². The summed E-state index contributed by atoms with van der Waals surface area (Å²) in [6.45, 7) is 9.30. The fourth-order valence-electron chi connectivity index (χ4n) is 2.21. The fraction of sp³-hybridized carbons (Fsp3) is 0.769. The Morgan fingerprint density at radius 3 is 2.76 bits per heavy atom. The smallest absolute Gasteiger partial charge is 0.0524 e. The predicted octanol–water partition coefficient (Wildman–Crippen LogP) is 1.90. The largest absolute Gasteiger partial charge is 0.381 e. The quantitative estimate of drug-likeness (QED) is 0.747. The van der Waals surface area contributed by atoms with Gasteiger partial charge < -0.3 is 4.74 Å². The summed E-state index contributed by atoms with van der Waals surface area (Å²) >= 11 is 0. The lowest BCUT2D eigenvalue weighted by molar-refractivity contribution is 0.112. The zero-order chi connectivity index (χ0) is 12.1. The average Bonchev–Trinajstić information content (AvgIpc) is 2.71. The highest BCUT2D eigenvalue weighted by Gasteiger charge is 2.13. The van der Waals surface area contributed by atoms with E-state index in [1.807, 2.05) is 6.20 Å². The Hall–Kier alpha value is -0.870. The zero-order valence-electron chi connectivity index (χ0n) is 10.9. The Bertz CT molecular complexity index is 335. The molecule has 0 aromatic carbocycles. The van der Waals surface area contributed by atoms with Crippen molar-refractivity contribution in [3.8, 4) is 0 Å². The summed E-state index contributed by atoms with van der Waals surface area (Å²) in [6, 6.07) is 2.70. The first-order chi connectivity index (χ1) is 8.27.